The fraction of sp³-hybridized carbons (Fsp3) is 1.00. The van der Waals surface area contributed by atoms with Crippen molar-refractivity contribution in [1.82, 2.24) is 0 Å². The minimum Gasteiger partial charge on any atom is -0.327 e. The molecule has 1 aliphatic carbocycles. The SMILES string of the molecule is NC1CCC(F)CC1I. The molecule has 0 aliphatic heterocycles. The first-order valence-corrected chi connectivity index (χ1v) is 4.48. The first kappa shape index (κ1) is 7.72. The zero-order valence-corrected chi connectivity index (χ0v) is 7.34. The number of rotatable bonds is 0. The van der Waals surface area contributed by atoms with Crippen molar-refractivity contribution in [3.63, 3.8) is 0 Å². The Morgan fingerprint density at radius 2 is 2.11 bits per heavy atom. The lowest BCUT2D eigenvalue weighted by Gasteiger charge is -2.25. The van der Waals surface area contributed by atoms with Crippen LogP contribution in [0.1, 0.15) is 19.3 Å². The van der Waals surface area contributed by atoms with Gasteiger partial charge in [0, 0.05) is 9.97 Å². The third-order valence-electron chi connectivity index (χ3n) is 1.76. The summed E-state index contributed by atoms with van der Waals surface area (Å²) in [7, 11) is 0. The predicted octanol–water partition coefficient (Wildman–Crippen LogP) is 1.64. The topological polar surface area (TPSA) is 26.0 Å². The van der Waals surface area contributed by atoms with Crippen LogP contribution < -0.4 is 5.73 Å². The van der Waals surface area contributed by atoms with Crippen molar-refractivity contribution in [2.75, 3.05) is 0 Å². The van der Waals surface area contributed by atoms with E-state index >= 15 is 0 Å². The van der Waals surface area contributed by atoms with Crippen LogP contribution >= 0.6 is 22.6 Å². The highest BCUT2D eigenvalue weighted by Crippen LogP contribution is 2.25. The molecule has 9 heavy (non-hydrogen) atoms. The smallest absolute Gasteiger partial charge is 0.101 e. The quantitative estimate of drug-likeness (QED) is 0.508. The molecule has 54 valence electrons. The molecule has 1 fully saturated rings. The van der Waals surface area contributed by atoms with Crippen LogP contribution in [0.2, 0.25) is 0 Å². The standard InChI is InChI=1S/C6H11FIN/c7-4-1-2-6(9)5(8)3-4/h4-6H,1-3,9H2. The summed E-state index contributed by atoms with van der Waals surface area (Å²) in [5.74, 6) is 0. The van der Waals surface area contributed by atoms with E-state index in [0.29, 0.717) is 16.8 Å². The highest BCUT2D eigenvalue weighted by atomic mass is 127. The third-order valence-corrected chi connectivity index (χ3v) is 3.19. The number of alkyl halides is 2. The van der Waals surface area contributed by atoms with Crippen LogP contribution in [0.4, 0.5) is 4.39 Å². The zero-order chi connectivity index (χ0) is 6.85. The molecule has 3 unspecified atom stereocenters. The minimum absolute atomic E-state index is 0.234. The normalized spacial score (nSPS) is 45.0. The van der Waals surface area contributed by atoms with Gasteiger partial charge in [0.05, 0.1) is 0 Å². The van der Waals surface area contributed by atoms with E-state index in [2.05, 4.69) is 22.6 Å². The summed E-state index contributed by atoms with van der Waals surface area (Å²) >= 11 is 2.23. The monoisotopic (exact) mass is 243 g/mol. The number of hydrogen-bond donors (Lipinski definition) is 1. The van der Waals surface area contributed by atoms with Crippen LogP contribution in [-0.4, -0.2) is 16.1 Å². The highest BCUT2D eigenvalue weighted by molar-refractivity contribution is 14.1. The predicted molar refractivity (Wildman–Crippen MR) is 44.5 cm³/mol. The van der Waals surface area contributed by atoms with Gasteiger partial charge in [0.15, 0.2) is 0 Å². The van der Waals surface area contributed by atoms with Crippen LogP contribution in [0.3, 0.4) is 0 Å². The molecule has 0 heterocycles. The molecule has 0 aromatic carbocycles. The Labute approximate surface area is 68.3 Å². The molecule has 1 aliphatic rings. The average molecular weight is 243 g/mol. The second kappa shape index (κ2) is 3.14. The van der Waals surface area contributed by atoms with Gasteiger partial charge in [-0.2, -0.15) is 0 Å². The molecule has 0 amide bonds. The van der Waals surface area contributed by atoms with Gasteiger partial charge < -0.3 is 5.73 Å². The average Bonchev–Trinajstić information content (AvgIpc) is 1.80. The van der Waals surface area contributed by atoms with Crippen molar-refractivity contribution in [2.45, 2.75) is 35.4 Å². The molecule has 0 bridgehead atoms. The largest absolute Gasteiger partial charge is 0.327 e. The fourth-order valence-electron chi connectivity index (χ4n) is 1.09. The van der Waals surface area contributed by atoms with E-state index < -0.39 is 6.17 Å². The summed E-state index contributed by atoms with van der Waals surface area (Å²) in [6.07, 6.45) is 1.59. The molecule has 0 aromatic rings. The first-order valence-electron chi connectivity index (χ1n) is 3.24. The lowest BCUT2D eigenvalue weighted by molar-refractivity contribution is 0.246. The Balaban J connectivity index is 2.35. The molecule has 0 aromatic heterocycles. The van der Waals surface area contributed by atoms with Gasteiger partial charge in [-0.05, 0) is 19.3 Å². The van der Waals surface area contributed by atoms with E-state index in [0.717, 1.165) is 6.42 Å². The molecule has 1 saturated carbocycles. The van der Waals surface area contributed by atoms with E-state index in [1.165, 1.54) is 0 Å². The van der Waals surface area contributed by atoms with Gasteiger partial charge in [0.1, 0.15) is 6.17 Å². The van der Waals surface area contributed by atoms with Gasteiger partial charge in [-0.15, -0.1) is 0 Å². The first-order chi connectivity index (χ1) is 4.20. The Morgan fingerprint density at radius 3 is 2.56 bits per heavy atom. The molecule has 3 atom stereocenters. The zero-order valence-electron chi connectivity index (χ0n) is 5.19. The van der Waals surface area contributed by atoms with Crippen molar-refractivity contribution in [2.24, 2.45) is 5.73 Å². The molecule has 0 saturated heterocycles. The van der Waals surface area contributed by atoms with Crippen LogP contribution in [0.15, 0.2) is 0 Å². The van der Waals surface area contributed by atoms with E-state index in [9.17, 15) is 4.39 Å². The maximum atomic E-state index is 12.5. The number of nitrogens with two attached hydrogens (primary N) is 1. The van der Waals surface area contributed by atoms with Crippen LogP contribution in [-0.2, 0) is 0 Å². The summed E-state index contributed by atoms with van der Waals surface area (Å²) in [6, 6.07) is 0.234. The van der Waals surface area contributed by atoms with Crippen LogP contribution in [0.25, 0.3) is 0 Å². The van der Waals surface area contributed by atoms with Gasteiger partial charge in [-0.25, -0.2) is 4.39 Å². The minimum atomic E-state index is -0.591. The molecule has 0 radical (unpaired) electrons. The second-order valence-electron chi connectivity index (χ2n) is 2.59. The molecule has 3 heteroatoms. The maximum absolute atomic E-state index is 12.5. The number of hydrogen-bond acceptors (Lipinski definition) is 1. The van der Waals surface area contributed by atoms with Crippen LogP contribution in [0, 0.1) is 0 Å². The Hall–Kier alpha value is 0.620. The summed E-state index contributed by atoms with van der Waals surface area (Å²) in [5.41, 5.74) is 5.67. The molecular formula is C6H11FIN. The molecule has 0 spiro atoms. The van der Waals surface area contributed by atoms with Gasteiger partial charge in [-0.3, -0.25) is 0 Å². The van der Waals surface area contributed by atoms with Crippen LogP contribution in [0.5, 0.6) is 0 Å². The lowest BCUT2D eigenvalue weighted by Crippen LogP contribution is -2.37. The van der Waals surface area contributed by atoms with Crippen molar-refractivity contribution in [1.29, 1.82) is 0 Å². The van der Waals surface area contributed by atoms with Crippen molar-refractivity contribution < 1.29 is 4.39 Å². The maximum Gasteiger partial charge on any atom is 0.101 e. The Kier molecular flexibility index (Phi) is 2.70. The fourth-order valence-corrected chi connectivity index (χ4v) is 2.00. The van der Waals surface area contributed by atoms with Crippen molar-refractivity contribution in [3.05, 3.63) is 0 Å². The molecule has 2 N–H and O–H groups in total. The highest BCUT2D eigenvalue weighted by Gasteiger charge is 2.25. The van der Waals surface area contributed by atoms with E-state index in [1.54, 1.807) is 0 Å². The second-order valence-corrected chi connectivity index (χ2v) is 4.19. The third kappa shape index (κ3) is 2.04. The van der Waals surface area contributed by atoms with Gasteiger partial charge in [-0.1, -0.05) is 22.6 Å². The summed E-state index contributed by atoms with van der Waals surface area (Å²) in [5, 5.41) is 0. The number of halogens is 2. The Morgan fingerprint density at radius 1 is 1.44 bits per heavy atom. The molecule has 1 rings (SSSR count). The van der Waals surface area contributed by atoms with E-state index in [-0.39, 0.29) is 6.04 Å². The summed E-state index contributed by atoms with van der Waals surface area (Å²) in [4.78, 5) is 0. The van der Waals surface area contributed by atoms with E-state index in [1.807, 2.05) is 0 Å². The Bertz CT molecular complexity index is 99.1. The van der Waals surface area contributed by atoms with E-state index in [4.69, 9.17) is 5.73 Å². The molecule has 1 nitrogen and oxygen atoms in total. The van der Waals surface area contributed by atoms with Crippen molar-refractivity contribution in [3.8, 4) is 0 Å². The van der Waals surface area contributed by atoms with Gasteiger partial charge >= 0.3 is 0 Å². The lowest BCUT2D eigenvalue weighted by atomic mass is 9.95. The molecular weight excluding hydrogens is 232 g/mol. The summed E-state index contributed by atoms with van der Waals surface area (Å²) < 4.78 is 12.9. The van der Waals surface area contributed by atoms with Gasteiger partial charge in [0.25, 0.3) is 0 Å². The summed E-state index contributed by atoms with van der Waals surface area (Å²) in [6.45, 7) is 0. The van der Waals surface area contributed by atoms with Gasteiger partial charge in [0.2, 0.25) is 0 Å². The van der Waals surface area contributed by atoms with Crippen molar-refractivity contribution >= 4 is 22.6 Å².